The van der Waals surface area contributed by atoms with Gasteiger partial charge in [0.1, 0.15) is 5.75 Å². The summed E-state index contributed by atoms with van der Waals surface area (Å²) in [5.74, 6) is 0.547. The summed E-state index contributed by atoms with van der Waals surface area (Å²) in [7, 11) is 1.82. The van der Waals surface area contributed by atoms with Gasteiger partial charge in [-0.3, -0.25) is 9.48 Å². The molecule has 1 aliphatic heterocycles. The summed E-state index contributed by atoms with van der Waals surface area (Å²) in [6, 6.07) is 1.94. The number of carbonyl (C=O) groups excluding carboxylic acids is 1. The molecule has 3 rings (SSSR count). The fourth-order valence-corrected chi connectivity index (χ4v) is 3.55. The van der Waals surface area contributed by atoms with Crippen LogP contribution in [-0.2, 0) is 7.05 Å². The van der Waals surface area contributed by atoms with E-state index in [0.717, 1.165) is 29.3 Å². The molecule has 2 aromatic heterocycles. The molecule has 1 atom stereocenters. The van der Waals surface area contributed by atoms with Crippen LogP contribution in [-0.4, -0.2) is 28.8 Å². The Labute approximate surface area is 133 Å². The van der Waals surface area contributed by atoms with Crippen LogP contribution in [0, 0.1) is 0 Å². The maximum atomic E-state index is 12.3. The first-order chi connectivity index (χ1) is 10.7. The van der Waals surface area contributed by atoms with E-state index in [1.54, 1.807) is 16.0 Å². The summed E-state index contributed by atoms with van der Waals surface area (Å²) < 4.78 is 7.34. The number of aromatic nitrogens is 2. The second kappa shape index (κ2) is 6.00. The van der Waals surface area contributed by atoms with Crippen molar-refractivity contribution in [3.8, 4) is 5.75 Å². The summed E-state index contributed by atoms with van der Waals surface area (Å²) in [5, 5.41) is 10.6. The van der Waals surface area contributed by atoms with Gasteiger partial charge in [0.15, 0.2) is 11.9 Å². The molecule has 0 saturated carbocycles. The molecule has 0 spiro atoms. The smallest absolute Gasteiger partial charge is 0.297 e. The molecular formula is C15H19N4O2S. The highest BCUT2D eigenvalue weighted by Crippen LogP contribution is 2.39. The Kier molecular flexibility index (Phi) is 4.06. The summed E-state index contributed by atoms with van der Waals surface area (Å²) >= 11 is 1.57. The SMILES string of the molecule is CCCN1c2cn(C)nc2C(=O)[N]C1c1sccc1OCC. The van der Waals surface area contributed by atoms with E-state index in [4.69, 9.17) is 4.74 Å². The quantitative estimate of drug-likeness (QED) is 0.850. The molecule has 1 aliphatic rings. The van der Waals surface area contributed by atoms with Crippen LogP contribution in [0.1, 0.15) is 41.8 Å². The van der Waals surface area contributed by atoms with Crippen molar-refractivity contribution in [3.05, 3.63) is 28.2 Å². The minimum atomic E-state index is -0.328. The fourth-order valence-electron chi connectivity index (χ4n) is 2.67. The molecule has 0 N–H and O–H groups in total. The van der Waals surface area contributed by atoms with Crippen LogP contribution >= 0.6 is 11.3 Å². The fraction of sp³-hybridized carbons (Fsp3) is 0.467. The topological polar surface area (TPSA) is 61.5 Å². The average Bonchev–Trinajstić information content (AvgIpc) is 3.09. The highest BCUT2D eigenvalue weighted by atomic mass is 32.1. The number of rotatable bonds is 5. The van der Waals surface area contributed by atoms with Crippen molar-refractivity contribution >= 4 is 22.9 Å². The van der Waals surface area contributed by atoms with Crippen molar-refractivity contribution in [2.75, 3.05) is 18.1 Å². The Morgan fingerprint density at radius 1 is 1.41 bits per heavy atom. The van der Waals surface area contributed by atoms with Crippen LogP contribution in [0.5, 0.6) is 5.75 Å². The molecule has 0 aliphatic carbocycles. The molecule has 6 nitrogen and oxygen atoms in total. The van der Waals surface area contributed by atoms with Crippen LogP contribution in [0.15, 0.2) is 17.6 Å². The van der Waals surface area contributed by atoms with Gasteiger partial charge in [0, 0.05) is 19.8 Å². The first-order valence-corrected chi connectivity index (χ1v) is 8.29. The second-order valence-electron chi connectivity index (χ2n) is 5.12. The maximum Gasteiger partial charge on any atom is 0.297 e. The van der Waals surface area contributed by atoms with Gasteiger partial charge in [0.2, 0.25) is 0 Å². The molecule has 0 fully saturated rings. The third kappa shape index (κ3) is 2.45. The number of thiophene rings is 1. The van der Waals surface area contributed by atoms with Gasteiger partial charge in [0.25, 0.3) is 5.91 Å². The van der Waals surface area contributed by atoms with Crippen molar-refractivity contribution in [2.45, 2.75) is 26.4 Å². The van der Waals surface area contributed by atoms with Crippen molar-refractivity contribution < 1.29 is 9.53 Å². The number of amides is 1. The average molecular weight is 319 g/mol. The lowest BCUT2D eigenvalue weighted by molar-refractivity contribution is 0.0915. The van der Waals surface area contributed by atoms with Gasteiger partial charge in [0.05, 0.1) is 17.2 Å². The predicted octanol–water partition coefficient (Wildman–Crippen LogP) is 2.55. The first-order valence-electron chi connectivity index (χ1n) is 7.41. The van der Waals surface area contributed by atoms with Crippen LogP contribution < -0.4 is 15.0 Å². The van der Waals surface area contributed by atoms with E-state index in [1.165, 1.54) is 0 Å². The Balaban J connectivity index is 2.03. The summed E-state index contributed by atoms with van der Waals surface area (Å²) in [4.78, 5) is 15.4. The monoisotopic (exact) mass is 319 g/mol. The Bertz CT molecular complexity index is 679. The third-order valence-corrected chi connectivity index (χ3v) is 4.45. The number of aryl methyl sites for hydroxylation is 1. The van der Waals surface area contributed by atoms with Gasteiger partial charge in [-0.1, -0.05) is 6.92 Å². The van der Waals surface area contributed by atoms with E-state index in [-0.39, 0.29) is 12.1 Å². The highest BCUT2D eigenvalue weighted by Gasteiger charge is 2.37. The van der Waals surface area contributed by atoms with Crippen LogP contribution in [0.3, 0.4) is 0 Å². The summed E-state index contributed by atoms with van der Waals surface area (Å²) in [5.41, 5.74) is 1.28. The number of hydrogen-bond acceptors (Lipinski definition) is 5. The zero-order valence-electron chi connectivity index (χ0n) is 12.9. The molecule has 7 heteroatoms. The lowest BCUT2D eigenvalue weighted by atomic mass is 10.1. The van der Waals surface area contributed by atoms with Crippen molar-refractivity contribution in [1.29, 1.82) is 0 Å². The largest absolute Gasteiger partial charge is 0.493 e. The molecule has 1 amide bonds. The zero-order valence-corrected chi connectivity index (χ0v) is 13.8. The number of hydrogen-bond donors (Lipinski definition) is 0. The van der Waals surface area contributed by atoms with Gasteiger partial charge in [-0.05, 0) is 24.8 Å². The van der Waals surface area contributed by atoms with Crippen molar-refractivity contribution in [1.82, 2.24) is 15.1 Å². The maximum absolute atomic E-state index is 12.3. The molecule has 0 bridgehead atoms. The van der Waals surface area contributed by atoms with Crippen molar-refractivity contribution in [2.24, 2.45) is 7.05 Å². The molecular weight excluding hydrogens is 300 g/mol. The molecule has 1 unspecified atom stereocenters. The highest BCUT2D eigenvalue weighted by molar-refractivity contribution is 7.10. The zero-order chi connectivity index (χ0) is 15.7. The molecule has 0 saturated heterocycles. The van der Waals surface area contributed by atoms with E-state index >= 15 is 0 Å². The van der Waals surface area contributed by atoms with Crippen LogP contribution in [0.2, 0.25) is 0 Å². The van der Waals surface area contributed by atoms with E-state index in [9.17, 15) is 4.79 Å². The van der Waals surface area contributed by atoms with Gasteiger partial charge in [-0.2, -0.15) is 5.10 Å². The van der Waals surface area contributed by atoms with Crippen LogP contribution in [0.4, 0.5) is 5.69 Å². The predicted molar refractivity (Wildman–Crippen MR) is 85.5 cm³/mol. The van der Waals surface area contributed by atoms with Gasteiger partial charge in [-0.25, -0.2) is 5.32 Å². The first kappa shape index (κ1) is 14.9. The standard InChI is InChI=1S/C15H19N4O2S/c1-4-7-19-10-9-18(3)17-12(10)15(20)16-14(19)13-11(21-5-2)6-8-22-13/h6,8-9,14H,4-5,7H2,1-3H3. The van der Waals surface area contributed by atoms with Crippen molar-refractivity contribution in [3.63, 3.8) is 0 Å². The number of fused-ring (bicyclic) bond motifs is 1. The lowest BCUT2D eigenvalue weighted by Gasteiger charge is -2.34. The van der Waals surface area contributed by atoms with E-state index in [0.29, 0.717) is 12.3 Å². The third-order valence-electron chi connectivity index (χ3n) is 3.51. The Morgan fingerprint density at radius 2 is 2.23 bits per heavy atom. The minimum Gasteiger partial charge on any atom is -0.493 e. The number of ether oxygens (including phenoxy) is 1. The number of anilines is 1. The van der Waals surface area contributed by atoms with Gasteiger partial charge >= 0.3 is 0 Å². The normalized spacial score (nSPS) is 17.3. The molecule has 1 radical (unpaired) electrons. The van der Waals surface area contributed by atoms with E-state index in [2.05, 4.69) is 22.2 Å². The number of carbonyl (C=O) groups is 1. The Hall–Kier alpha value is -2.02. The van der Waals surface area contributed by atoms with Gasteiger partial charge < -0.3 is 9.64 Å². The second-order valence-corrected chi connectivity index (χ2v) is 6.07. The molecule has 22 heavy (non-hydrogen) atoms. The Morgan fingerprint density at radius 3 is 2.95 bits per heavy atom. The lowest BCUT2D eigenvalue weighted by Crippen LogP contribution is -2.42. The molecule has 117 valence electrons. The molecule has 3 heterocycles. The molecule has 2 aromatic rings. The molecule has 0 aromatic carbocycles. The van der Waals surface area contributed by atoms with Crippen LogP contribution in [0.25, 0.3) is 0 Å². The number of nitrogens with zero attached hydrogens (tertiary/aromatic N) is 4. The summed E-state index contributed by atoms with van der Waals surface area (Å²) in [6.45, 7) is 5.47. The van der Waals surface area contributed by atoms with E-state index < -0.39 is 0 Å². The van der Waals surface area contributed by atoms with E-state index in [1.807, 2.05) is 31.6 Å². The summed E-state index contributed by atoms with van der Waals surface area (Å²) in [6.07, 6.45) is 2.52. The van der Waals surface area contributed by atoms with Gasteiger partial charge in [-0.15, -0.1) is 11.3 Å². The minimum absolute atomic E-state index is 0.260.